The number of rotatable bonds is 3. The van der Waals surface area contributed by atoms with E-state index in [4.69, 9.17) is 10.5 Å². The van der Waals surface area contributed by atoms with Crippen LogP contribution in [0, 0.1) is 12.7 Å². The van der Waals surface area contributed by atoms with Gasteiger partial charge in [0.15, 0.2) is 0 Å². The van der Waals surface area contributed by atoms with Gasteiger partial charge in [0.2, 0.25) is 0 Å². The van der Waals surface area contributed by atoms with Gasteiger partial charge in [-0.2, -0.15) is 0 Å². The van der Waals surface area contributed by atoms with Crippen LogP contribution in [0.25, 0.3) is 0 Å². The van der Waals surface area contributed by atoms with Gasteiger partial charge in [-0.1, -0.05) is 12.1 Å². The highest BCUT2D eigenvalue weighted by Crippen LogP contribution is 2.14. The fraction of sp³-hybridized carbons (Fsp3) is 0.417. The fourth-order valence-corrected chi connectivity index (χ4v) is 1.78. The molecule has 1 aromatic carbocycles. The monoisotopic (exact) mass is 222 g/mol. The summed E-state index contributed by atoms with van der Waals surface area (Å²) in [7, 11) is 0. The summed E-state index contributed by atoms with van der Waals surface area (Å²) < 4.78 is 18.1. The number of hydrogen-bond donors (Lipinski definition) is 1. The van der Waals surface area contributed by atoms with E-state index in [2.05, 4.69) is 4.99 Å². The number of amidine groups is 1. The first-order valence-corrected chi connectivity index (χ1v) is 5.36. The Morgan fingerprint density at radius 1 is 1.56 bits per heavy atom. The van der Waals surface area contributed by atoms with E-state index in [1.807, 2.05) is 12.1 Å². The minimum absolute atomic E-state index is 0.144. The summed E-state index contributed by atoms with van der Waals surface area (Å²) in [6.45, 7) is 2.33. The molecule has 16 heavy (non-hydrogen) atoms. The molecule has 0 bridgehead atoms. The molecule has 86 valence electrons. The molecule has 0 saturated heterocycles. The molecule has 0 radical (unpaired) electrons. The number of benzene rings is 1. The van der Waals surface area contributed by atoms with Crippen LogP contribution in [0.15, 0.2) is 23.2 Å². The van der Waals surface area contributed by atoms with Gasteiger partial charge in [0.1, 0.15) is 12.4 Å². The molecular weight excluding hydrogens is 207 g/mol. The van der Waals surface area contributed by atoms with Crippen LogP contribution in [0.1, 0.15) is 17.5 Å². The Morgan fingerprint density at radius 2 is 2.38 bits per heavy atom. The Labute approximate surface area is 94.1 Å². The Balaban J connectivity index is 1.92. The predicted molar refractivity (Wildman–Crippen MR) is 60.8 cm³/mol. The van der Waals surface area contributed by atoms with Gasteiger partial charge in [-0.15, -0.1) is 0 Å². The van der Waals surface area contributed by atoms with Crippen LogP contribution in [0.5, 0.6) is 0 Å². The van der Waals surface area contributed by atoms with Crippen LogP contribution in [0.2, 0.25) is 0 Å². The van der Waals surface area contributed by atoms with Crippen molar-refractivity contribution in [3.63, 3.8) is 0 Å². The highest BCUT2D eigenvalue weighted by atomic mass is 19.1. The molecule has 0 spiro atoms. The topological polar surface area (TPSA) is 47.6 Å². The van der Waals surface area contributed by atoms with Crippen LogP contribution >= 0.6 is 0 Å². The first-order chi connectivity index (χ1) is 7.65. The summed E-state index contributed by atoms with van der Waals surface area (Å²) in [5, 5.41) is 0. The van der Waals surface area contributed by atoms with Crippen molar-refractivity contribution in [2.24, 2.45) is 10.7 Å². The lowest BCUT2D eigenvalue weighted by Gasteiger charge is -2.06. The van der Waals surface area contributed by atoms with E-state index >= 15 is 0 Å². The first kappa shape index (κ1) is 10.9. The van der Waals surface area contributed by atoms with Gasteiger partial charge in [0, 0.05) is 0 Å². The molecule has 0 saturated carbocycles. The summed E-state index contributed by atoms with van der Waals surface area (Å²) in [6, 6.07) is 5.61. The average Bonchev–Trinajstić information content (AvgIpc) is 2.66. The zero-order chi connectivity index (χ0) is 11.5. The van der Waals surface area contributed by atoms with Crippen molar-refractivity contribution in [1.82, 2.24) is 0 Å². The third-order valence-corrected chi connectivity index (χ3v) is 2.72. The number of nitrogens with zero attached hydrogens (tertiary/aromatic N) is 1. The lowest BCUT2D eigenvalue weighted by molar-refractivity contribution is 0.308. The smallest absolute Gasteiger partial charge is 0.282 e. The standard InChI is InChI=1S/C12H15FN2O/c1-8-6-9(3-5-11(8)13)2-4-10-7-16-12(14)15-10/h3,5-6,10H,2,4,7H2,1H3,(H2,14,15)/t10-/m0/s1. The van der Waals surface area contributed by atoms with Gasteiger partial charge >= 0.3 is 0 Å². The van der Waals surface area contributed by atoms with Crippen LogP contribution in [-0.2, 0) is 11.2 Å². The molecule has 3 nitrogen and oxygen atoms in total. The molecule has 2 N–H and O–H groups in total. The van der Waals surface area contributed by atoms with Gasteiger partial charge < -0.3 is 10.5 Å². The lowest BCUT2D eigenvalue weighted by atomic mass is 10.0. The van der Waals surface area contributed by atoms with Crippen molar-refractivity contribution in [1.29, 1.82) is 0 Å². The van der Waals surface area contributed by atoms with E-state index in [0.717, 1.165) is 18.4 Å². The van der Waals surface area contributed by atoms with Crippen molar-refractivity contribution < 1.29 is 9.13 Å². The third kappa shape index (κ3) is 2.51. The van der Waals surface area contributed by atoms with E-state index in [1.165, 1.54) is 6.07 Å². The second kappa shape index (κ2) is 4.51. The normalized spacial score (nSPS) is 19.4. The predicted octanol–water partition coefficient (Wildman–Crippen LogP) is 1.78. The molecule has 1 aliphatic heterocycles. The van der Waals surface area contributed by atoms with E-state index in [1.54, 1.807) is 6.92 Å². The molecule has 1 aliphatic rings. The van der Waals surface area contributed by atoms with Gasteiger partial charge in [-0.05, 0) is 37.0 Å². The highest BCUT2D eigenvalue weighted by molar-refractivity contribution is 5.72. The second-order valence-electron chi connectivity index (χ2n) is 4.05. The fourth-order valence-electron chi connectivity index (χ4n) is 1.78. The number of hydrogen-bond acceptors (Lipinski definition) is 3. The zero-order valence-electron chi connectivity index (χ0n) is 9.24. The van der Waals surface area contributed by atoms with Crippen LogP contribution in [-0.4, -0.2) is 18.7 Å². The molecule has 4 heteroatoms. The van der Waals surface area contributed by atoms with Gasteiger partial charge in [0.05, 0.1) is 6.04 Å². The number of ether oxygens (including phenoxy) is 1. The maximum atomic E-state index is 13.0. The molecule has 0 amide bonds. The summed E-state index contributed by atoms with van der Waals surface area (Å²) >= 11 is 0. The number of aliphatic imine (C=N–C) groups is 1. The molecule has 0 aliphatic carbocycles. The molecule has 2 rings (SSSR count). The Kier molecular flexibility index (Phi) is 3.08. The SMILES string of the molecule is Cc1cc(CC[C@H]2COC(N)=N2)ccc1F. The summed E-state index contributed by atoms with van der Waals surface area (Å²) in [4.78, 5) is 4.14. The van der Waals surface area contributed by atoms with Gasteiger partial charge in [-0.3, -0.25) is 0 Å². The molecular formula is C12H15FN2O. The largest absolute Gasteiger partial charge is 0.463 e. The Bertz CT molecular complexity index is 417. The van der Waals surface area contributed by atoms with Crippen molar-refractivity contribution in [3.8, 4) is 0 Å². The average molecular weight is 222 g/mol. The maximum absolute atomic E-state index is 13.0. The summed E-state index contributed by atoms with van der Waals surface area (Å²) in [6.07, 6.45) is 1.75. The van der Waals surface area contributed by atoms with Crippen molar-refractivity contribution in [2.45, 2.75) is 25.8 Å². The van der Waals surface area contributed by atoms with E-state index in [9.17, 15) is 4.39 Å². The lowest BCUT2D eigenvalue weighted by Crippen LogP contribution is -2.10. The minimum atomic E-state index is -0.157. The van der Waals surface area contributed by atoms with Crippen molar-refractivity contribution in [2.75, 3.05) is 6.61 Å². The van der Waals surface area contributed by atoms with E-state index < -0.39 is 0 Å². The van der Waals surface area contributed by atoms with Gasteiger partial charge in [0.25, 0.3) is 6.02 Å². The highest BCUT2D eigenvalue weighted by Gasteiger charge is 2.16. The van der Waals surface area contributed by atoms with Gasteiger partial charge in [-0.25, -0.2) is 9.38 Å². The number of aryl methyl sites for hydroxylation is 2. The molecule has 1 atom stereocenters. The summed E-state index contributed by atoms with van der Waals surface area (Å²) in [5.74, 6) is -0.157. The van der Waals surface area contributed by atoms with Crippen molar-refractivity contribution >= 4 is 6.02 Å². The van der Waals surface area contributed by atoms with Crippen LogP contribution in [0.3, 0.4) is 0 Å². The molecule has 0 fully saturated rings. The van der Waals surface area contributed by atoms with Crippen LogP contribution in [0.4, 0.5) is 4.39 Å². The molecule has 1 heterocycles. The molecule has 0 aromatic heterocycles. The van der Waals surface area contributed by atoms with E-state index in [0.29, 0.717) is 12.2 Å². The number of nitrogens with two attached hydrogens (primary N) is 1. The molecule has 1 aromatic rings. The molecule has 0 unspecified atom stereocenters. The first-order valence-electron chi connectivity index (χ1n) is 5.36. The minimum Gasteiger partial charge on any atom is -0.463 e. The third-order valence-electron chi connectivity index (χ3n) is 2.72. The summed E-state index contributed by atoms with van der Waals surface area (Å²) in [5.41, 5.74) is 7.22. The van der Waals surface area contributed by atoms with Crippen LogP contribution < -0.4 is 5.73 Å². The Hall–Kier alpha value is -1.58. The van der Waals surface area contributed by atoms with E-state index in [-0.39, 0.29) is 17.9 Å². The number of halogens is 1. The van der Waals surface area contributed by atoms with Crippen molar-refractivity contribution in [3.05, 3.63) is 35.1 Å². The maximum Gasteiger partial charge on any atom is 0.282 e. The Morgan fingerprint density at radius 3 is 3.00 bits per heavy atom. The second-order valence-corrected chi connectivity index (χ2v) is 4.05. The zero-order valence-corrected chi connectivity index (χ0v) is 9.24. The quantitative estimate of drug-likeness (QED) is 0.847.